The van der Waals surface area contributed by atoms with E-state index >= 15 is 0 Å². The third-order valence-electron chi connectivity index (χ3n) is 5.69. The summed E-state index contributed by atoms with van der Waals surface area (Å²) in [5.41, 5.74) is 3.33. The van der Waals surface area contributed by atoms with E-state index < -0.39 is 0 Å². The second kappa shape index (κ2) is 9.72. The molecule has 9 heteroatoms. The van der Waals surface area contributed by atoms with E-state index in [1.165, 1.54) is 17.7 Å². The molecule has 2 heterocycles. The van der Waals surface area contributed by atoms with E-state index in [-0.39, 0.29) is 11.9 Å². The minimum atomic E-state index is -0.261. The number of methoxy groups -OCH3 is 1. The Morgan fingerprint density at radius 2 is 1.84 bits per heavy atom. The van der Waals surface area contributed by atoms with Gasteiger partial charge in [0.05, 0.1) is 19.2 Å². The fraction of sp³-hybridized carbons (Fsp3) is 0.409. The maximum atomic E-state index is 13.6. The summed E-state index contributed by atoms with van der Waals surface area (Å²) >= 11 is 6.23. The topological polar surface area (TPSA) is 59.3 Å². The second-order valence-corrected chi connectivity index (χ2v) is 8.10. The minimum absolute atomic E-state index is 0.171. The molecule has 1 aliphatic heterocycles. The molecule has 1 saturated heterocycles. The highest BCUT2D eigenvalue weighted by Crippen LogP contribution is 2.31. The van der Waals surface area contributed by atoms with Gasteiger partial charge < -0.3 is 9.64 Å². The van der Waals surface area contributed by atoms with Crippen LogP contribution in [0.5, 0.6) is 0 Å². The van der Waals surface area contributed by atoms with E-state index in [9.17, 15) is 4.39 Å². The number of tetrazole rings is 1. The van der Waals surface area contributed by atoms with Crippen LogP contribution in [0.15, 0.2) is 42.5 Å². The molecule has 0 N–H and O–H groups in total. The molecule has 0 spiro atoms. The summed E-state index contributed by atoms with van der Waals surface area (Å²) in [6.07, 6.45) is 0. The van der Waals surface area contributed by atoms with Crippen molar-refractivity contribution in [2.24, 2.45) is 0 Å². The first-order valence-corrected chi connectivity index (χ1v) is 10.7. The molecule has 4 rings (SSSR count). The van der Waals surface area contributed by atoms with Gasteiger partial charge >= 0.3 is 0 Å². The zero-order chi connectivity index (χ0) is 21.8. The second-order valence-electron chi connectivity index (χ2n) is 7.66. The number of benzene rings is 2. The van der Waals surface area contributed by atoms with Crippen LogP contribution in [0.3, 0.4) is 0 Å². The van der Waals surface area contributed by atoms with Gasteiger partial charge in [0.15, 0.2) is 5.82 Å². The number of piperazine rings is 1. The Morgan fingerprint density at radius 1 is 1.10 bits per heavy atom. The van der Waals surface area contributed by atoms with Crippen LogP contribution in [-0.4, -0.2) is 65.0 Å². The third-order valence-corrected chi connectivity index (χ3v) is 5.92. The predicted octanol–water partition coefficient (Wildman–Crippen LogP) is 3.33. The van der Waals surface area contributed by atoms with Crippen LogP contribution in [0.4, 0.5) is 10.1 Å². The lowest BCUT2D eigenvalue weighted by atomic mass is 10.0. The molecule has 1 fully saturated rings. The van der Waals surface area contributed by atoms with Gasteiger partial charge in [-0.15, -0.1) is 5.10 Å². The van der Waals surface area contributed by atoms with Crippen LogP contribution in [0.2, 0.25) is 5.02 Å². The van der Waals surface area contributed by atoms with Crippen molar-refractivity contribution in [1.82, 2.24) is 25.1 Å². The van der Waals surface area contributed by atoms with Crippen LogP contribution in [0, 0.1) is 12.7 Å². The molecule has 0 bridgehead atoms. The summed E-state index contributed by atoms with van der Waals surface area (Å²) in [5.74, 6) is 0.471. The van der Waals surface area contributed by atoms with Gasteiger partial charge in [-0.3, -0.25) is 4.90 Å². The Hall–Kier alpha value is -2.55. The zero-order valence-electron chi connectivity index (χ0n) is 17.7. The smallest absolute Gasteiger partial charge is 0.173 e. The van der Waals surface area contributed by atoms with Crippen molar-refractivity contribution in [2.75, 3.05) is 44.8 Å². The number of hydrogen-bond acceptors (Lipinski definition) is 6. The molecular formula is C22H26ClFN6O. The van der Waals surface area contributed by atoms with Gasteiger partial charge in [-0.2, -0.15) is 0 Å². The van der Waals surface area contributed by atoms with Crippen molar-refractivity contribution in [1.29, 1.82) is 0 Å². The first kappa shape index (κ1) is 21.7. The number of hydrogen-bond donors (Lipinski definition) is 0. The van der Waals surface area contributed by atoms with Gasteiger partial charge in [0.1, 0.15) is 5.82 Å². The number of aromatic nitrogens is 4. The summed E-state index contributed by atoms with van der Waals surface area (Å²) in [7, 11) is 1.65. The molecule has 0 amide bonds. The molecule has 7 nitrogen and oxygen atoms in total. The molecule has 1 aromatic heterocycles. The molecule has 31 heavy (non-hydrogen) atoms. The first-order chi connectivity index (χ1) is 15.1. The van der Waals surface area contributed by atoms with Crippen LogP contribution in [0.25, 0.3) is 0 Å². The molecule has 1 aliphatic rings. The van der Waals surface area contributed by atoms with E-state index in [2.05, 4.69) is 38.3 Å². The van der Waals surface area contributed by atoms with Crippen molar-refractivity contribution in [2.45, 2.75) is 19.5 Å². The van der Waals surface area contributed by atoms with E-state index in [1.807, 2.05) is 24.3 Å². The summed E-state index contributed by atoms with van der Waals surface area (Å²) in [5, 5.41) is 13.1. The van der Waals surface area contributed by atoms with Crippen LogP contribution < -0.4 is 4.90 Å². The van der Waals surface area contributed by atoms with Crippen LogP contribution in [-0.2, 0) is 11.3 Å². The molecule has 0 aliphatic carbocycles. The Labute approximate surface area is 186 Å². The number of halogens is 2. The molecule has 164 valence electrons. The standard InChI is InChI=1S/C22H26ClFN6O/c1-16-3-6-18(23)15-20(16)28-9-11-29(12-10-28)21(17-4-7-19(24)8-5-17)22-25-26-27-30(22)13-14-31-2/h3-8,15,21H,9-14H2,1-2H3/t21-/m1/s1. The maximum Gasteiger partial charge on any atom is 0.173 e. The first-order valence-electron chi connectivity index (χ1n) is 10.3. The van der Waals surface area contributed by atoms with Crippen molar-refractivity contribution in [3.8, 4) is 0 Å². The minimum Gasteiger partial charge on any atom is -0.383 e. The van der Waals surface area contributed by atoms with Gasteiger partial charge in [0.25, 0.3) is 0 Å². The monoisotopic (exact) mass is 444 g/mol. The average molecular weight is 445 g/mol. The van der Waals surface area contributed by atoms with Crippen molar-refractivity contribution in [3.63, 3.8) is 0 Å². The number of nitrogens with zero attached hydrogens (tertiary/aromatic N) is 6. The summed E-state index contributed by atoms with van der Waals surface area (Å²) in [6, 6.07) is 12.4. The molecule has 3 aromatic rings. The lowest BCUT2D eigenvalue weighted by molar-refractivity contribution is 0.171. The Kier molecular flexibility index (Phi) is 6.80. The SMILES string of the molecule is COCCn1nnnc1[C@@H](c1ccc(F)cc1)N1CCN(c2cc(Cl)ccc2C)CC1. The molecule has 0 radical (unpaired) electrons. The summed E-state index contributed by atoms with van der Waals surface area (Å²) in [4.78, 5) is 4.70. The van der Waals surface area contributed by atoms with Crippen molar-refractivity contribution in [3.05, 3.63) is 70.3 Å². The zero-order valence-corrected chi connectivity index (χ0v) is 18.5. The van der Waals surface area contributed by atoms with Crippen molar-refractivity contribution < 1.29 is 9.13 Å². The number of ether oxygens (including phenoxy) is 1. The van der Waals surface area contributed by atoms with Gasteiger partial charge in [-0.25, -0.2) is 9.07 Å². The quantitative estimate of drug-likeness (QED) is 0.557. The average Bonchev–Trinajstić information content (AvgIpc) is 3.24. The van der Waals surface area contributed by atoms with Gasteiger partial charge in [0.2, 0.25) is 0 Å². The number of rotatable bonds is 7. The van der Waals surface area contributed by atoms with Crippen molar-refractivity contribution >= 4 is 17.3 Å². The Bertz CT molecular complexity index is 1000. The Balaban J connectivity index is 1.59. The third kappa shape index (κ3) is 4.87. The van der Waals surface area contributed by atoms with E-state index in [1.54, 1.807) is 11.8 Å². The molecular weight excluding hydrogens is 419 g/mol. The van der Waals surface area contributed by atoms with Crippen LogP contribution in [0.1, 0.15) is 23.0 Å². The highest BCUT2D eigenvalue weighted by atomic mass is 35.5. The van der Waals surface area contributed by atoms with Gasteiger partial charge in [0, 0.05) is 44.0 Å². The normalized spacial score (nSPS) is 15.9. The van der Waals surface area contributed by atoms with Crippen LogP contribution >= 0.6 is 11.6 Å². The van der Waals surface area contributed by atoms with E-state index in [0.29, 0.717) is 13.2 Å². The summed E-state index contributed by atoms with van der Waals surface area (Å²) in [6.45, 7) is 6.48. The fourth-order valence-corrected chi connectivity index (χ4v) is 4.22. The number of aryl methyl sites for hydroxylation is 1. The lowest BCUT2D eigenvalue weighted by Crippen LogP contribution is -2.48. The molecule has 1 atom stereocenters. The van der Waals surface area contributed by atoms with Gasteiger partial charge in [-0.05, 0) is 52.7 Å². The highest BCUT2D eigenvalue weighted by molar-refractivity contribution is 6.30. The molecule has 2 aromatic carbocycles. The highest BCUT2D eigenvalue weighted by Gasteiger charge is 2.31. The fourth-order valence-electron chi connectivity index (χ4n) is 4.06. The van der Waals surface area contributed by atoms with E-state index in [4.69, 9.17) is 16.3 Å². The Morgan fingerprint density at radius 3 is 2.55 bits per heavy atom. The summed E-state index contributed by atoms with van der Waals surface area (Å²) < 4.78 is 20.6. The van der Waals surface area contributed by atoms with Gasteiger partial charge in [-0.1, -0.05) is 29.8 Å². The predicted molar refractivity (Wildman–Crippen MR) is 118 cm³/mol. The lowest BCUT2D eigenvalue weighted by Gasteiger charge is -2.40. The molecule has 0 unspecified atom stereocenters. The van der Waals surface area contributed by atoms with E-state index in [0.717, 1.165) is 48.3 Å². The largest absolute Gasteiger partial charge is 0.383 e. The molecule has 0 saturated carbocycles. The number of anilines is 1. The maximum absolute atomic E-state index is 13.6.